The molecule has 1 aromatic heterocycles. The molecule has 1 aromatic carbocycles. The standard InChI is InChI=1S/C25H34N2O/c1-21-8-2-3-9-22(21)11-17-26-18-14-24(23-10-4-7-16-27-23)15-19-28-25(20-24)12-5-6-13-25/h2-4,7-10,16,26H,5-6,11-15,17-20H2,1H3/t24-/m0/s1. The average Bonchev–Trinajstić information content (AvgIpc) is 3.17. The number of aryl methyl sites for hydroxylation is 1. The van der Waals surface area contributed by atoms with Gasteiger partial charge < -0.3 is 10.1 Å². The monoisotopic (exact) mass is 378 g/mol. The number of rotatable bonds is 7. The van der Waals surface area contributed by atoms with E-state index in [4.69, 9.17) is 9.72 Å². The SMILES string of the molecule is Cc1ccccc1CCNCC[C@]1(c2ccccn2)CCOC2(CCCC2)C1. The molecule has 1 spiro atoms. The second-order valence-electron chi connectivity index (χ2n) is 8.84. The first-order chi connectivity index (χ1) is 13.7. The third kappa shape index (κ3) is 4.31. The van der Waals surface area contributed by atoms with Crippen LogP contribution in [0.5, 0.6) is 0 Å². The van der Waals surface area contributed by atoms with Crippen molar-refractivity contribution < 1.29 is 4.74 Å². The van der Waals surface area contributed by atoms with Crippen molar-refractivity contribution in [3.05, 3.63) is 65.5 Å². The molecular formula is C25H34N2O. The maximum absolute atomic E-state index is 6.35. The van der Waals surface area contributed by atoms with Crippen molar-refractivity contribution in [1.29, 1.82) is 0 Å². The first-order valence-electron chi connectivity index (χ1n) is 11.0. The van der Waals surface area contributed by atoms with Gasteiger partial charge in [0.1, 0.15) is 0 Å². The average molecular weight is 379 g/mol. The van der Waals surface area contributed by atoms with Gasteiger partial charge in [0.15, 0.2) is 0 Å². The topological polar surface area (TPSA) is 34.2 Å². The maximum Gasteiger partial charge on any atom is 0.0691 e. The molecular weight excluding hydrogens is 344 g/mol. The highest BCUT2D eigenvalue weighted by Crippen LogP contribution is 2.49. The van der Waals surface area contributed by atoms with E-state index in [-0.39, 0.29) is 11.0 Å². The largest absolute Gasteiger partial charge is 0.375 e. The normalized spacial score (nSPS) is 23.9. The van der Waals surface area contributed by atoms with E-state index in [1.807, 2.05) is 12.3 Å². The van der Waals surface area contributed by atoms with Crippen LogP contribution in [-0.4, -0.2) is 30.3 Å². The van der Waals surface area contributed by atoms with Gasteiger partial charge in [0.25, 0.3) is 0 Å². The molecule has 2 fully saturated rings. The summed E-state index contributed by atoms with van der Waals surface area (Å²) in [6, 6.07) is 15.1. The number of pyridine rings is 1. The van der Waals surface area contributed by atoms with E-state index >= 15 is 0 Å². The van der Waals surface area contributed by atoms with E-state index in [0.717, 1.165) is 45.4 Å². The molecule has 0 unspecified atom stereocenters. The Bertz CT molecular complexity index is 754. The molecule has 1 saturated heterocycles. The van der Waals surface area contributed by atoms with Gasteiger partial charge in [-0.1, -0.05) is 43.2 Å². The molecule has 2 heterocycles. The molecule has 3 nitrogen and oxygen atoms in total. The molecule has 1 aliphatic heterocycles. The molecule has 4 rings (SSSR count). The van der Waals surface area contributed by atoms with Crippen LogP contribution in [0, 0.1) is 6.92 Å². The molecule has 0 amide bonds. The molecule has 1 aliphatic carbocycles. The number of aromatic nitrogens is 1. The van der Waals surface area contributed by atoms with Gasteiger partial charge in [0.05, 0.1) is 5.60 Å². The Morgan fingerprint density at radius 2 is 1.82 bits per heavy atom. The van der Waals surface area contributed by atoms with E-state index < -0.39 is 0 Å². The third-order valence-electron chi connectivity index (χ3n) is 6.99. The number of nitrogens with zero attached hydrogens (tertiary/aromatic N) is 1. The summed E-state index contributed by atoms with van der Waals surface area (Å²) in [6.07, 6.45) is 11.5. The van der Waals surface area contributed by atoms with Gasteiger partial charge in [0.2, 0.25) is 0 Å². The van der Waals surface area contributed by atoms with Gasteiger partial charge in [-0.05, 0) is 81.8 Å². The van der Waals surface area contributed by atoms with Crippen molar-refractivity contribution >= 4 is 0 Å². The summed E-state index contributed by atoms with van der Waals surface area (Å²) < 4.78 is 6.35. The quantitative estimate of drug-likeness (QED) is 0.691. The fourth-order valence-corrected chi connectivity index (χ4v) is 5.36. The lowest BCUT2D eigenvalue weighted by Gasteiger charge is -2.46. The highest BCUT2D eigenvalue weighted by atomic mass is 16.5. The molecule has 150 valence electrons. The van der Waals surface area contributed by atoms with Gasteiger partial charge in [-0.2, -0.15) is 0 Å². The lowest BCUT2D eigenvalue weighted by atomic mass is 9.68. The minimum atomic E-state index is 0.108. The number of nitrogens with one attached hydrogen (secondary N) is 1. The number of benzene rings is 1. The summed E-state index contributed by atoms with van der Waals surface area (Å²) in [4.78, 5) is 4.80. The van der Waals surface area contributed by atoms with Crippen molar-refractivity contribution in [2.75, 3.05) is 19.7 Å². The Balaban J connectivity index is 1.40. The van der Waals surface area contributed by atoms with E-state index in [1.165, 1.54) is 42.5 Å². The van der Waals surface area contributed by atoms with Crippen LogP contribution in [0.25, 0.3) is 0 Å². The van der Waals surface area contributed by atoms with Gasteiger partial charge in [0, 0.05) is 23.9 Å². The number of hydrogen-bond donors (Lipinski definition) is 1. The first kappa shape index (κ1) is 19.6. The summed E-state index contributed by atoms with van der Waals surface area (Å²) in [7, 11) is 0. The molecule has 2 aromatic rings. The van der Waals surface area contributed by atoms with Gasteiger partial charge >= 0.3 is 0 Å². The Kier molecular flexibility index (Phi) is 6.13. The van der Waals surface area contributed by atoms with E-state index in [2.05, 4.69) is 48.6 Å². The molecule has 0 radical (unpaired) electrons. The molecule has 3 heteroatoms. The van der Waals surface area contributed by atoms with Gasteiger partial charge in [-0.25, -0.2) is 0 Å². The van der Waals surface area contributed by atoms with E-state index in [1.54, 1.807) is 0 Å². The predicted molar refractivity (Wildman–Crippen MR) is 115 cm³/mol. The van der Waals surface area contributed by atoms with Crippen LogP contribution in [0.2, 0.25) is 0 Å². The van der Waals surface area contributed by atoms with Crippen LogP contribution < -0.4 is 5.32 Å². The molecule has 1 saturated carbocycles. The zero-order valence-electron chi connectivity index (χ0n) is 17.3. The van der Waals surface area contributed by atoms with Crippen molar-refractivity contribution in [2.45, 2.75) is 69.3 Å². The van der Waals surface area contributed by atoms with Gasteiger partial charge in [-0.3, -0.25) is 4.98 Å². The van der Waals surface area contributed by atoms with Crippen LogP contribution in [0.1, 0.15) is 61.8 Å². The van der Waals surface area contributed by atoms with Crippen LogP contribution in [-0.2, 0) is 16.6 Å². The number of hydrogen-bond acceptors (Lipinski definition) is 3. The molecule has 1 atom stereocenters. The maximum atomic E-state index is 6.35. The zero-order valence-corrected chi connectivity index (χ0v) is 17.3. The van der Waals surface area contributed by atoms with Crippen LogP contribution in [0.4, 0.5) is 0 Å². The van der Waals surface area contributed by atoms with Crippen LogP contribution in [0.15, 0.2) is 48.7 Å². The minimum absolute atomic E-state index is 0.108. The van der Waals surface area contributed by atoms with E-state index in [9.17, 15) is 0 Å². The molecule has 28 heavy (non-hydrogen) atoms. The lowest BCUT2D eigenvalue weighted by Crippen LogP contribution is -2.47. The smallest absolute Gasteiger partial charge is 0.0691 e. The van der Waals surface area contributed by atoms with Gasteiger partial charge in [-0.15, -0.1) is 0 Å². The second kappa shape index (κ2) is 8.75. The summed E-state index contributed by atoms with van der Waals surface area (Å²) in [5.74, 6) is 0. The molecule has 1 N–H and O–H groups in total. The summed E-state index contributed by atoms with van der Waals surface area (Å²) in [5, 5.41) is 3.71. The highest BCUT2D eigenvalue weighted by Gasteiger charge is 2.48. The van der Waals surface area contributed by atoms with Crippen molar-refractivity contribution in [3.63, 3.8) is 0 Å². The highest BCUT2D eigenvalue weighted by molar-refractivity contribution is 5.25. The summed E-state index contributed by atoms with van der Waals surface area (Å²) in [5.41, 5.74) is 4.37. The minimum Gasteiger partial charge on any atom is -0.375 e. The second-order valence-corrected chi connectivity index (χ2v) is 8.84. The predicted octanol–water partition coefficient (Wildman–Crippen LogP) is 4.97. The van der Waals surface area contributed by atoms with E-state index in [0.29, 0.717) is 0 Å². The zero-order chi connectivity index (χ0) is 19.3. The Hall–Kier alpha value is -1.71. The van der Waals surface area contributed by atoms with Crippen LogP contribution in [0.3, 0.4) is 0 Å². The fraction of sp³-hybridized carbons (Fsp3) is 0.560. The molecule has 0 bridgehead atoms. The van der Waals surface area contributed by atoms with Crippen molar-refractivity contribution in [3.8, 4) is 0 Å². The first-order valence-corrected chi connectivity index (χ1v) is 11.0. The van der Waals surface area contributed by atoms with Crippen molar-refractivity contribution in [2.24, 2.45) is 0 Å². The fourth-order valence-electron chi connectivity index (χ4n) is 5.36. The van der Waals surface area contributed by atoms with Crippen LogP contribution >= 0.6 is 0 Å². The Morgan fingerprint density at radius 3 is 2.61 bits per heavy atom. The summed E-state index contributed by atoms with van der Waals surface area (Å²) >= 11 is 0. The molecule has 2 aliphatic rings. The van der Waals surface area contributed by atoms with Crippen molar-refractivity contribution in [1.82, 2.24) is 10.3 Å². The Morgan fingerprint density at radius 1 is 1.00 bits per heavy atom. The number of ether oxygens (including phenoxy) is 1. The third-order valence-corrected chi connectivity index (χ3v) is 6.99. The summed E-state index contributed by atoms with van der Waals surface area (Å²) in [6.45, 7) is 5.15. The Labute approximate surface area is 169 Å². The lowest BCUT2D eigenvalue weighted by molar-refractivity contribution is -0.104.